The highest BCUT2D eigenvalue weighted by atomic mass is 35.5. The van der Waals surface area contributed by atoms with Gasteiger partial charge in [0.15, 0.2) is 4.34 Å². The van der Waals surface area contributed by atoms with E-state index in [9.17, 15) is 14.7 Å². The normalized spacial score (nSPS) is 18.4. The fourth-order valence-corrected chi connectivity index (χ4v) is 4.64. The van der Waals surface area contributed by atoms with Gasteiger partial charge in [0.05, 0.1) is 11.6 Å². The first-order valence-corrected chi connectivity index (χ1v) is 10.9. The first-order chi connectivity index (χ1) is 14.0. The van der Waals surface area contributed by atoms with Gasteiger partial charge in [-0.25, -0.2) is 0 Å². The molecule has 2 heterocycles. The maximum absolute atomic E-state index is 13.0. The number of aliphatic hydroxyl groups is 1. The number of thioether (sulfide) groups is 1. The molecule has 0 saturated carbocycles. The van der Waals surface area contributed by atoms with Crippen LogP contribution in [0, 0.1) is 0 Å². The maximum Gasteiger partial charge on any atom is 0.301 e. The first-order valence-electron chi connectivity index (χ1n) is 8.50. The van der Waals surface area contributed by atoms with Gasteiger partial charge in [0, 0.05) is 10.6 Å². The molecule has 0 aliphatic carbocycles. The third kappa shape index (κ3) is 3.55. The van der Waals surface area contributed by atoms with Gasteiger partial charge in [0.1, 0.15) is 5.76 Å². The molecule has 1 N–H and O–H groups in total. The van der Waals surface area contributed by atoms with Gasteiger partial charge in [0.2, 0.25) is 5.13 Å². The van der Waals surface area contributed by atoms with Gasteiger partial charge < -0.3 is 5.11 Å². The number of benzene rings is 2. The molecule has 4 rings (SSSR count). The molecule has 1 amide bonds. The summed E-state index contributed by atoms with van der Waals surface area (Å²) in [6.45, 7) is 0. The largest absolute Gasteiger partial charge is 0.507 e. The molecule has 1 atom stereocenters. The Labute approximate surface area is 179 Å². The van der Waals surface area contributed by atoms with Crippen LogP contribution in [-0.2, 0) is 9.59 Å². The zero-order valence-electron chi connectivity index (χ0n) is 15.1. The summed E-state index contributed by atoms with van der Waals surface area (Å²) in [5.74, 6) is -1.79. The van der Waals surface area contributed by atoms with Crippen molar-refractivity contribution in [1.82, 2.24) is 10.2 Å². The highest BCUT2D eigenvalue weighted by molar-refractivity contribution is 8.00. The number of carbonyl (C=O) groups excluding carboxylic acids is 2. The second kappa shape index (κ2) is 7.98. The summed E-state index contributed by atoms with van der Waals surface area (Å²) in [4.78, 5) is 27.2. The Bertz CT molecular complexity index is 1130. The molecule has 9 heteroatoms. The summed E-state index contributed by atoms with van der Waals surface area (Å²) in [7, 11) is 0. The van der Waals surface area contributed by atoms with E-state index in [1.54, 1.807) is 54.6 Å². The first kappa shape index (κ1) is 19.6. The van der Waals surface area contributed by atoms with Crippen LogP contribution >= 0.6 is 34.7 Å². The van der Waals surface area contributed by atoms with E-state index >= 15 is 0 Å². The quantitative estimate of drug-likeness (QED) is 0.209. The monoisotopic (exact) mass is 443 g/mol. The Morgan fingerprint density at radius 1 is 1.14 bits per heavy atom. The fourth-order valence-electron chi connectivity index (χ4n) is 3.16. The molecule has 1 saturated heterocycles. The predicted molar refractivity (Wildman–Crippen MR) is 114 cm³/mol. The molecule has 1 aromatic heterocycles. The third-order valence-corrected chi connectivity index (χ3v) is 6.57. The summed E-state index contributed by atoms with van der Waals surface area (Å²) >= 11 is 8.76. The van der Waals surface area contributed by atoms with Crippen molar-refractivity contribution in [1.29, 1.82) is 0 Å². The molecule has 1 unspecified atom stereocenters. The standard InChI is InChI=1S/C20H14ClN3O3S2/c1-28-20-23-22-19(29-20)24-15(12-8-5-9-13(21)10-12)14(17(26)18(24)27)16(25)11-6-3-2-4-7-11/h2-10,15,25H,1H3/b16-14+. The van der Waals surface area contributed by atoms with Gasteiger partial charge in [0.25, 0.3) is 5.78 Å². The molecule has 1 aliphatic rings. The van der Waals surface area contributed by atoms with Crippen LogP contribution in [0.1, 0.15) is 17.2 Å². The van der Waals surface area contributed by atoms with E-state index in [0.717, 1.165) is 0 Å². The fraction of sp³-hybridized carbons (Fsp3) is 0.100. The van der Waals surface area contributed by atoms with Gasteiger partial charge in [-0.05, 0) is 24.0 Å². The number of halogens is 1. The zero-order valence-corrected chi connectivity index (χ0v) is 17.5. The lowest BCUT2D eigenvalue weighted by molar-refractivity contribution is -0.132. The summed E-state index contributed by atoms with van der Waals surface area (Å²) in [6.07, 6.45) is 1.85. The average Bonchev–Trinajstić information content (AvgIpc) is 3.31. The Morgan fingerprint density at radius 3 is 2.55 bits per heavy atom. The molecule has 0 bridgehead atoms. The summed E-state index contributed by atoms with van der Waals surface area (Å²) in [6, 6.07) is 14.6. The number of anilines is 1. The molecule has 6 nitrogen and oxygen atoms in total. The number of ketones is 1. The molecule has 1 fully saturated rings. The van der Waals surface area contributed by atoms with Crippen LogP contribution in [0.3, 0.4) is 0 Å². The lowest BCUT2D eigenvalue weighted by Gasteiger charge is -2.22. The van der Waals surface area contributed by atoms with E-state index in [4.69, 9.17) is 11.6 Å². The van der Waals surface area contributed by atoms with E-state index in [-0.39, 0.29) is 16.5 Å². The van der Waals surface area contributed by atoms with Crippen molar-refractivity contribution in [2.75, 3.05) is 11.2 Å². The van der Waals surface area contributed by atoms with E-state index in [2.05, 4.69) is 10.2 Å². The van der Waals surface area contributed by atoms with Crippen LogP contribution in [0.5, 0.6) is 0 Å². The van der Waals surface area contributed by atoms with Crippen molar-refractivity contribution in [3.63, 3.8) is 0 Å². The number of Topliss-reactive ketones (excluding diaryl/α,β-unsaturated/α-hetero) is 1. The van der Waals surface area contributed by atoms with E-state index in [1.165, 1.54) is 28.0 Å². The highest BCUT2D eigenvalue weighted by Crippen LogP contribution is 2.43. The van der Waals surface area contributed by atoms with Gasteiger partial charge in [-0.15, -0.1) is 10.2 Å². The van der Waals surface area contributed by atoms with E-state index in [0.29, 0.717) is 20.5 Å². The average molecular weight is 444 g/mol. The number of hydrogen-bond donors (Lipinski definition) is 1. The van der Waals surface area contributed by atoms with Crippen LogP contribution in [0.2, 0.25) is 5.02 Å². The van der Waals surface area contributed by atoms with Crippen LogP contribution in [0.4, 0.5) is 5.13 Å². The maximum atomic E-state index is 13.0. The third-order valence-electron chi connectivity index (χ3n) is 4.43. The second-order valence-electron chi connectivity index (χ2n) is 6.14. The molecular weight excluding hydrogens is 430 g/mol. The molecule has 146 valence electrons. The van der Waals surface area contributed by atoms with Crippen LogP contribution in [0.15, 0.2) is 64.5 Å². The van der Waals surface area contributed by atoms with Crippen LogP contribution in [0.25, 0.3) is 5.76 Å². The van der Waals surface area contributed by atoms with Crippen molar-refractivity contribution in [2.24, 2.45) is 0 Å². The molecule has 29 heavy (non-hydrogen) atoms. The Hall–Kier alpha value is -2.68. The zero-order chi connectivity index (χ0) is 20.5. The molecule has 2 aromatic carbocycles. The number of carbonyl (C=O) groups is 2. The lowest BCUT2D eigenvalue weighted by atomic mass is 9.95. The summed E-state index contributed by atoms with van der Waals surface area (Å²) in [5.41, 5.74) is 1.03. The number of nitrogens with zero attached hydrogens (tertiary/aromatic N) is 3. The number of amides is 1. The highest BCUT2D eigenvalue weighted by Gasteiger charge is 2.48. The summed E-state index contributed by atoms with van der Waals surface area (Å²) < 4.78 is 0.662. The minimum Gasteiger partial charge on any atom is -0.507 e. The van der Waals surface area contributed by atoms with Crippen molar-refractivity contribution in [2.45, 2.75) is 10.4 Å². The van der Waals surface area contributed by atoms with Gasteiger partial charge in [-0.2, -0.15) is 0 Å². The number of aromatic nitrogens is 2. The van der Waals surface area contributed by atoms with Gasteiger partial charge in [-0.1, -0.05) is 77.2 Å². The van der Waals surface area contributed by atoms with Crippen molar-refractivity contribution < 1.29 is 14.7 Å². The Balaban J connectivity index is 1.94. The Kier molecular flexibility index (Phi) is 5.40. The minimum atomic E-state index is -0.864. The van der Waals surface area contributed by atoms with E-state index < -0.39 is 17.7 Å². The van der Waals surface area contributed by atoms with Crippen LogP contribution < -0.4 is 4.90 Å². The number of aliphatic hydroxyl groups excluding tert-OH is 1. The predicted octanol–water partition coefficient (Wildman–Crippen LogP) is 4.54. The van der Waals surface area contributed by atoms with Gasteiger partial charge >= 0.3 is 5.91 Å². The number of hydrogen-bond acceptors (Lipinski definition) is 7. The molecule has 3 aromatic rings. The topological polar surface area (TPSA) is 83.4 Å². The number of rotatable bonds is 4. The van der Waals surface area contributed by atoms with Crippen LogP contribution in [-0.4, -0.2) is 33.3 Å². The molecule has 0 spiro atoms. The van der Waals surface area contributed by atoms with Crippen molar-refractivity contribution in [3.8, 4) is 0 Å². The molecule has 1 aliphatic heterocycles. The Morgan fingerprint density at radius 2 is 1.90 bits per heavy atom. The smallest absolute Gasteiger partial charge is 0.301 e. The van der Waals surface area contributed by atoms with Crippen molar-refractivity contribution >= 4 is 57.3 Å². The SMILES string of the molecule is CSc1nnc(N2C(=O)C(=O)/C(=C(/O)c3ccccc3)C2c2cccc(Cl)c2)s1. The molecule has 0 radical (unpaired) electrons. The minimum absolute atomic E-state index is 0.00984. The summed E-state index contributed by atoms with van der Waals surface area (Å²) in [5, 5.41) is 19.8. The van der Waals surface area contributed by atoms with Crippen molar-refractivity contribution in [3.05, 3.63) is 76.3 Å². The second-order valence-corrected chi connectivity index (χ2v) is 8.59. The molecular formula is C20H14ClN3O3S2. The van der Waals surface area contributed by atoms with Gasteiger partial charge in [-0.3, -0.25) is 14.5 Å². The van der Waals surface area contributed by atoms with E-state index in [1.807, 2.05) is 6.26 Å². The lowest BCUT2D eigenvalue weighted by Crippen LogP contribution is -2.29.